The van der Waals surface area contributed by atoms with Crippen molar-refractivity contribution in [1.82, 2.24) is 15.1 Å². The number of nitrogens with zero attached hydrogens (tertiary/aromatic N) is 3. The van der Waals surface area contributed by atoms with E-state index in [4.69, 9.17) is 5.11 Å². The van der Waals surface area contributed by atoms with Crippen LogP contribution in [-0.2, 0) is 6.18 Å². The molecular weight excluding hydrogens is 357 g/mol. The molecule has 2 aromatic rings. The van der Waals surface area contributed by atoms with Gasteiger partial charge in [-0.25, -0.2) is 0 Å². The average molecular weight is 380 g/mol. The summed E-state index contributed by atoms with van der Waals surface area (Å²) in [5, 5.41) is 20.9. The number of aliphatic hydroxyl groups excluding tert-OH is 1. The first-order chi connectivity index (χ1) is 12.9. The van der Waals surface area contributed by atoms with Crippen LogP contribution < -0.4 is 5.32 Å². The van der Waals surface area contributed by atoms with Crippen LogP contribution in [0.3, 0.4) is 0 Å². The highest BCUT2D eigenvalue weighted by atomic mass is 19.4. The Kier molecular flexibility index (Phi) is 5.96. The van der Waals surface area contributed by atoms with Gasteiger partial charge in [-0.1, -0.05) is 12.1 Å². The van der Waals surface area contributed by atoms with Gasteiger partial charge in [0.05, 0.1) is 17.9 Å². The number of hydrogen-bond acceptors (Lipinski definition) is 5. The number of alkyl halides is 3. The molecule has 1 atom stereocenters. The minimum atomic E-state index is -4.35. The summed E-state index contributed by atoms with van der Waals surface area (Å²) >= 11 is 0. The standard InChI is InChI=1S/C19H23F3N4O/c1-13-11-17(23-16-3-2-8-26(12-16)9-10-27)24-25-18(13)14-4-6-15(7-5-14)19(20,21)22/h4-7,11,16,27H,2-3,8-10,12H2,1H3,(H,23,24)/t16-/m1/s1. The van der Waals surface area contributed by atoms with Gasteiger partial charge in [-0.2, -0.15) is 13.2 Å². The highest BCUT2D eigenvalue weighted by molar-refractivity contribution is 5.64. The third-order valence-corrected chi connectivity index (χ3v) is 4.74. The van der Waals surface area contributed by atoms with Crippen LogP contribution >= 0.6 is 0 Å². The number of benzene rings is 1. The maximum absolute atomic E-state index is 12.7. The van der Waals surface area contributed by atoms with Gasteiger partial charge in [0.1, 0.15) is 5.82 Å². The Morgan fingerprint density at radius 2 is 1.96 bits per heavy atom. The van der Waals surface area contributed by atoms with Gasteiger partial charge >= 0.3 is 6.18 Å². The van der Waals surface area contributed by atoms with Crippen LogP contribution in [0.4, 0.5) is 19.0 Å². The normalized spacial score (nSPS) is 18.5. The number of piperidine rings is 1. The molecule has 0 aliphatic carbocycles. The molecule has 0 amide bonds. The predicted molar refractivity (Wildman–Crippen MR) is 97.4 cm³/mol. The van der Waals surface area contributed by atoms with Gasteiger partial charge in [0.15, 0.2) is 0 Å². The summed E-state index contributed by atoms with van der Waals surface area (Å²) in [6.45, 7) is 4.49. The molecule has 2 heterocycles. The van der Waals surface area contributed by atoms with Crippen LogP contribution in [0.15, 0.2) is 30.3 Å². The second-order valence-corrected chi connectivity index (χ2v) is 6.84. The van der Waals surface area contributed by atoms with E-state index >= 15 is 0 Å². The topological polar surface area (TPSA) is 61.3 Å². The highest BCUT2D eigenvalue weighted by Gasteiger charge is 2.30. The molecule has 1 saturated heterocycles. The second kappa shape index (κ2) is 8.22. The van der Waals surface area contributed by atoms with Crippen molar-refractivity contribution in [2.45, 2.75) is 32.0 Å². The van der Waals surface area contributed by atoms with Crippen LogP contribution in [0.25, 0.3) is 11.3 Å². The molecule has 1 aromatic heterocycles. The Labute approximate surface area is 156 Å². The van der Waals surface area contributed by atoms with Gasteiger partial charge in [-0.3, -0.25) is 4.90 Å². The number of rotatable bonds is 5. The molecule has 2 N–H and O–H groups in total. The van der Waals surface area contributed by atoms with Crippen molar-refractivity contribution in [3.8, 4) is 11.3 Å². The summed E-state index contributed by atoms with van der Waals surface area (Å²) in [6, 6.07) is 7.05. The molecule has 8 heteroatoms. The Morgan fingerprint density at radius 1 is 1.22 bits per heavy atom. The highest BCUT2D eigenvalue weighted by Crippen LogP contribution is 2.31. The molecule has 1 aliphatic rings. The lowest BCUT2D eigenvalue weighted by Crippen LogP contribution is -2.43. The number of aromatic nitrogens is 2. The molecule has 1 fully saturated rings. The number of anilines is 1. The lowest BCUT2D eigenvalue weighted by atomic mass is 10.0. The molecule has 0 unspecified atom stereocenters. The number of aliphatic hydroxyl groups is 1. The van der Waals surface area contributed by atoms with E-state index in [9.17, 15) is 13.2 Å². The first-order valence-corrected chi connectivity index (χ1v) is 8.98. The van der Waals surface area contributed by atoms with Crippen LogP contribution in [0.1, 0.15) is 24.0 Å². The van der Waals surface area contributed by atoms with E-state index in [-0.39, 0.29) is 12.6 Å². The summed E-state index contributed by atoms with van der Waals surface area (Å²) in [5.41, 5.74) is 1.33. The third kappa shape index (κ3) is 4.95. The zero-order chi connectivity index (χ0) is 19.4. The molecule has 0 bridgehead atoms. The largest absolute Gasteiger partial charge is 0.416 e. The predicted octanol–water partition coefficient (Wildman–Crippen LogP) is 3.34. The number of likely N-dealkylation sites (tertiary alicyclic amines) is 1. The van der Waals surface area contributed by atoms with Crippen molar-refractivity contribution in [3.63, 3.8) is 0 Å². The van der Waals surface area contributed by atoms with Crippen LogP contribution in [0, 0.1) is 6.92 Å². The summed E-state index contributed by atoms with van der Waals surface area (Å²) in [6.07, 6.45) is -2.28. The Bertz CT molecular complexity index is 763. The minimum absolute atomic E-state index is 0.146. The van der Waals surface area contributed by atoms with Crippen molar-refractivity contribution in [2.75, 3.05) is 31.6 Å². The van der Waals surface area contributed by atoms with Gasteiger partial charge in [-0.15, -0.1) is 10.2 Å². The number of β-amino-alcohol motifs (C(OH)–C–C–N with tert-alkyl or cyclic N) is 1. The fraction of sp³-hybridized carbons (Fsp3) is 0.474. The zero-order valence-corrected chi connectivity index (χ0v) is 15.1. The lowest BCUT2D eigenvalue weighted by molar-refractivity contribution is -0.137. The van der Waals surface area contributed by atoms with Crippen molar-refractivity contribution >= 4 is 5.82 Å². The second-order valence-electron chi connectivity index (χ2n) is 6.84. The first-order valence-electron chi connectivity index (χ1n) is 8.98. The van der Waals surface area contributed by atoms with Crippen molar-refractivity contribution in [1.29, 1.82) is 0 Å². The van der Waals surface area contributed by atoms with Gasteiger partial charge < -0.3 is 10.4 Å². The Balaban J connectivity index is 1.70. The number of hydrogen-bond donors (Lipinski definition) is 2. The minimum Gasteiger partial charge on any atom is -0.395 e. The Hall–Kier alpha value is -2.19. The summed E-state index contributed by atoms with van der Waals surface area (Å²) < 4.78 is 38.1. The van der Waals surface area contributed by atoms with Crippen LogP contribution in [0.5, 0.6) is 0 Å². The number of nitrogens with one attached hydrogen (secondary N) is 1. The summed E-state index contributed by atoms with van der Waals surface area (Å²) in [7, 11) is 0. The third-order valence-electron chi connectivity index (χ3n) is 4.74. The molecule has 5 nitrogen and oxygen atoms in total. The molecule has 0 saturated carbocycles. The summed E-state index contributed by atoms with van der Waals surface area (Å²) in [4.78, 5) is 2.21. The first kappa shape index (κ1) is 19.6. The molecule has 1 aromatic carbocycles. The fourth-order valence-corrected chi connectivity index (χ4v) is 3.39. The van der Waals surface area contributed by atoms with Gasteiger partial charge in [0.2, 0.25) is 0 Å². The van der Waals surface area contributed by atoms with E-state index in [1.165, 1.54) is 12.1 Å². The summed E-state index contributed by atoms with van der Waals surface area (Å²) in [5.74, 6) is 0.652. The molecule has 1 aliphatic heterocycles. The van der Waals surface area contributed by atoms with E-state index < -0.39 is 11.7 Å². The molecule has 0 radical (unpaired) electrons. The molecular formula is C19H23F3N4O. The van der Waals surface area contributed by atoms with E-state index in [0.29, 0.717) is 23.6 Å². The maximum atomic E-state index is 12.7. The van der Waals surface area contributed by atoms with Crippen molar-refractivity contribution in [2.24, 2.45) is 0 Å². The smallest absolute Gasteiger partial charge is 0.395 e. The zero-order valence-electron chi connectivity index (χ0n) is 15.1. The fourth-order valence-electron chi connectivity index (χ4n) is 3.39. The lowest BCUT2D eigenvalue weighted by Gasteiger charge is -2.32. The van der Waals surface area contributed by atoms with Gasteiger partial charge in [0.25, 0.3) is 0 Å². The average Bonchev–Trinajstić information content (AvgIpc) is 2.62. The molecule has 0 spiro atoms. The van der Waals surface area contributed by atoms with E-state index in [1.54, 1.807) is 0 Å². The number of aryl methyl sites for hydroxylation is 1. The number of halogens is 3. The Morgan fingerprint density at radius 3 is 2.59 bits per heavy atom. The van der Waals surface area contributed by atoms with Gasteiger partial charge in [-0.05, 0) is 50.1 Å². The maximum Gasteiger partial charge on any atom is 0.416 e. The molecule has 3 rings (SSSR count). The van der Waals surface area contributed by atoms with Crippen molar-refractivity contribution < 1.29 is 18.3 Å². The van der Waals surface area contributed by atoms with Crippen molar-refractivity contribution in [3.05, 3.63) is 41.5 Å². The van der Waals surface area contributed by atoms with E-state index in [0.717, 1.165) is 43.6 Å². The quantitative estimate of drug-likeness (QED) is 0.833. The molecule has 27 heavy (non-hydrogen) atoms. The van der Waals surface area contributed by atoms with E-state index in [1.807, 2.05) is 13.0 Å². The van der Waals surface area contributed by atoms with Crippen LogP contribution in [0.2, 0.25) is 0 Å². The molecule has 146 valence electrons. The van der Waals surface area contributed by atoms with E-state index in [2.05, 4.69) is 20.4 Å². The monoisotopic (exact) mass is 380 g/mol. The SMILES string of the molecule is Cc1cc(N[C@@H]2CCCN(CCO)C2)nnc1-c1ccc(C(F)(F)F)cc1. The van der Waals surface area contributed by atoms with Crippen LogP contribution in [-0.4, -0.2) is 52.5 Å². The van der Waals surface area contributed by atoms with Gasteiger partial charge in [0, 0.05) is 24.7 Å².